The van der Waals surface area contributed by atoms with E-state index in [1.54, 1.807) is 13.8 Å². The number of nitrogens with one attached hydrogen (secondary N) is 1. The Bertz CT molecular complexity index is 1610. The molecular formula is C37H43F2NO6. The highest BCUT2D eigenvalue weighted by atomic mass is 19.1. The van der Waals surface area contributed by atoms with Crippen molar-refractivity contribution in [1.82, 2.24) is 0 Å². The van der Waals surface area contributed by atoms with Gasteiger partial charge >= 0.3 is 0 Å². The number of hydrogen-bond donors (Lipinski definition) is 3. The number of halogens is 2. The minimum atomic E-state index is -2.29. The quantitative estimate of drug-likeness (QED) is 0.380. The van der Waals surface area contributed by atoms with Crippen molar-refractivity contribution in [2.45, 2.75) is 82.9 Å². The highest BCUT2D eigenvalue weighted by Gasteiger charge is 2.80. The summed E-state index contributed by atoms with van der Waals surface area (Å²) in [5, 5.41) is 25.0. The van der Waals surface area contributed by atoms with Crippen molar-refractivity contribution in [3.05, 3.63) is 89.0 Å². The van der Waals surface area contributed by atoms with Gasteiger partial charge in [-0.05, 0) is 79.5 Å². The van der Waals surface area contributed by atoms with Crippen LogP contribution in [0.25, 0.3) is 0 Å². The minimum absolute atomic E-state index is 0. The van der Waals surface area contributed by atoms with E-state index in [2.05, 4.69) is 5.32 Å². The number of rotatable bonds is 6. The molecule has 1 saturated heterocycles. The van der Waals surface area contributed by atoms with Crippen LogP contribution in [0.15, 0.2) is 72.3 Å². The molecule has 46 heavy (non-hydrogen) atoms. The van der Waals surface area contributed by atoms with Crippen molar-refractivity contribution >= 4 is 17.3 Å². The topological polar surface area (TPSA) is 105 Å². The predicted molar refractivity (Wildman–Crippen MR) is 170 cm³/mol. The van der Waals surface area contributed by atoms with E-state index < -0.39 is 76.8 Å². The number of ketones is 2. The van der Waals surface area contributed by atoms with Crippen LogP contribution in [0.2, 0.25) is 0 Å². The van der Waals surface area contributed by atoms with Crippen molar-refractivity contribution in [2.24, 2.45) is 22.7 Å². The Morgan fingerprint density at radius 3 is 2.52 bits per heavy atom. The summed E-state index contributed by atoms with van der Waals surface area (Å²) in [5.41, 5.74) is -2.75. The molecule has 5 aliphatic rings. The highest BCUT2D eigenvalue weighted by Crippen LogP contribution is 2.72. The molecule has 246 valence electrons. The molecule has 9 heteroatoms. The molecule has 0 spiro atoms. The molecule has 0 unspecified atom stereocenters. The van der Waals surface area contributed by atoms with Crippen LogP contribution >= 0.6 is 0 Å². The summed E-state index contributed by atoms with van der Waals surface area (Å²) in [6, 6.07) is 15.8. The Labute approximate surface area is 268 Å². The van der Waals surface area contributed by atoms with E-state index in [0.717, 1.165) is 22.9 Å². The second kappa shape index (κ2) is 11.2. The van der Waals surface area contributed by atoms with Gasteiger partial charge in [0, 0.05) is 35.0 Å². The molecule has 2 aromatic carbocycles. The lowest BCUT2D eigenvalue weighted by Gasteiger charge is -2.63. The molecule has 10 atom stereocenters. The number of ether oxygens (including phenoxy) is 2. The third kappa shape index (κ3) is 4.28. The lowest BCUT2D eigenvalue weighted by Crippen LogP contribution is -2.70. The summed E-state index contributed by atoms with van der Waals surface area (Å²) in [7, 11) is 1.87. The number of aliphatic hydroxyl groups excluding tert-OH is 2. The Morgan fingerprint density at radius 2 is 1.83 bits per heavy atom. The van der Waals surface area contributed by atoms with Crippen LogP contribution in [-0.4, -0.2) is 65.1 Å². The average Bonchev–Trinajstić information content (AvgIpc) is 3.53. The van der Waals surface area contributed by atoms with E-state index in [9.17, 15) is 19.8 Å². The molecule has 1 aliphatic heterocycles. The summed E-state index contributed by atoms with van der Waals surface area (Å²) in [5.74, 6) is -2.59. The molecule has 4 aliphatic carbocycles. The van der Waals surface area contributed by atoms with Crippen LogP contribution in [0.4, 0.5) is 14.5 Å². The number of fused-ring (bicyclic) bond motifs is 7. The van der Waals surface area contributed by atoms with E-state index >= 15 is 8.78 Å². The third-order valence-corrected chi connectivity index (χ3v) is 11.8. The normalized spacial score (nSPS) is 40.6. The molecule has 0 aromatic heterocycles. The molecule has 3 N–H and O–H groups in total. The maximum atomic E-state index is 17.6. The highest BCUT2D eigenvalue weighted by molar-refractivity contribution is 6.01. The first-order valence-corrected chi connectivity index (χ1v) is 15.7. The van der Waals surface area contributed by atoms with Gasteiger partial charge in [0.2, 0.25) is 0 Å². The van der Waals surface area contributed by atoms with Crippen molar-refractivity contribution in [2.75, 3.05) is 19.0 Å². The van der Waals surface area contributed by atoms with Gasteiger partial charge in [-0.3, -0.25) is 9.59 Å². The van der Waals surface area contributed by atoms with Gasteiger partial charge < -0.3 is 25.0 Å². The lowest BCUT2D eigenvalue weighted by molar-refractivity contribution is -0.235. The number of anilines is 1. The standard InChI is InChI=1S/C36H39F2NO6.CH4/c1-33-12-11-24(41)15-27(33)28(37)16-26-25-17-31-36(30(43)19-40,34(25,2)18-29(42)35(26,33)38)45-32(44-31)22-6-4-5-21(14-22)13-20-7-9-23(39-3)10-8-20;/h4-12,14-15,25-26,28-29,31-32,39-40,42H,13,16-19H2,1-3H3;1H4/t25-,26-,28-,29-,31+,32-,33-,34-,35-,36+;/m0./s1. The van der Waals surface area contributed by atoms with Crippen molar-refractivity contribution in [3.8, 4) is 0 Å². The zero-order valence-electron chi connectivity index (χ0n) is 25.6. The van der Waals surface area contributed by atoms with Gasteiger partial charge in [0.15, 0.2) is 29.1 Å². The zero-order valence-corrected chi connectivity index (χ0v) is 25.6. The first-order valence-electron chi connectivity index (χ1n) is 15.7. The number of allylic oxidation sites excluding steroid dienone is 4. The number of Topliss-reactive ketones (excluding diaryl/α,β-unsaturated/α-hetero) is 1. The number of alkyl halides is 2. The van der Waals surface area contributed by atoms with E-state index in [4.69, 9.17) is 9.47 Å². The molecule has 7 rings (SSSR count). The van der Waals surface area contributed by atoms with Gasteiger partial charge in [0.05, 0.1) is 12.2 Å². The Morgan fingerprint density at radius 1 is 1.09 bits per heavy atom. The molecule has 4 fully saturated rings. The molecule has 1 heterocycles. The number of hydrogen-bond acceptors (Lipinski definition) is 7. The second-order valence-electron chi connectivity index (χ2n) is 13.9. The van der Waals surface area contributed by atoms with Gasteiger partial charge in [-0.15, -0.1) is 0 Å². The monoisotopic (exact) mass is 635 g/mol. The van der Waals surface area contributed by atoms with Gasteiger partial charge in [-0.2, -0.15) is 0 Å². The Balaban J connectivity index is 0.00000372. The largest absolute Gasteiger partial charge is 0.390 e. The fraction of sp³-hybridized carbons (Fsp3) is 0.514. The molecule has 2 aromatic rings. The lowest BCUT2D eigenvalue weighted by atomic mass is 9.44. The Kier molecular flexibility index (Phi) is 7.95. The number of carbonyl (C=O) groups excluding carboxylic acids is 2. The first-order chi connectivity index (χ1) is 21.4. The molecule has 0 bridgehead atoms. The van der Waals surface area contributed by atoms with Crippen LogP contribution in [0, 0.1) is 22.7 Å². The van der Waals surface area contributed by atoms with Crippen LogP contribution in [0.5, 0.6) is 0 Å². The summed E-state index contributed by atoms with van der Waals surface area (Å²) < 4.78 is 46.5. The molecule has 3 saturated carbocycles. The smallest absolute Gasteiger partial charge is 0.193 e. The molecule has 0 radical (unpaired) electrons. The summed E-state index contributed by atoms with van der Waals surface area (Å²) in [6.45, 7) is 2.51. The van der Waals surface area contributed by atoms with Crippen molar-refractivity contribution in [3.63, 3.8) is 0 Å². The average molecular weight is 636 g/mol. The van der Waals surface area contributed by atoms with Crippen molar-refractivity contribution in [1.29, 1.82) is 0 Å². The molecule has 7 nitrogen and oxygen atoms in total. The fourth-order valence-electron chi connectivity index (χ4n) is 9.59. The number of aliphatic hydroxyl groups is 2. The summed E-state index contributed by atoms with van der Waals surface area (Å²) >= 11 is 0. The number of carbonyl (C=O) groups is 2. The van der Waals surface area contributed by atoms with Crippen LogP contribution < -0.4 is 5.32 Å². The molecular weight excluding hydrogens is 592 g/mol. The van der Waals surface area contributed by atoms with E-state index in [0.29, 0.717) is 12.0 Å². The predicted octanol–water partition coefficient (Wildman–Crippen LogP) is 5.60. The van der Waals surface area contributed by atoms with Gasteiger partial charge in [-0.25, -0.2) is 8.78 Å². The fourth-order valence-corrected chi connectivity index (χ4v) is 9.59. The minimum Gasteiger partial charge on any atom is -0.390 e. The first kappa shape index (κ1) is 32.7. The maximum absolute atomic E-state index is 17.6. The Hall–Kier alpha value is -3.24. The van der Waals surface area contributed by atoms with Crippen LogP contribution in [0.1, 0.15) is 63.5 Å². The van der Waals surface area contributed by atoms with Gasteiger partial charge in [0.25, 0.3) is 0 Å². The van der Waals surface area contributed by atoms with E-state index in [1.165, 1.54) is 12.2 Å². The third-order valence-electron chi connectivity index (χ3n) is 11.8. The second-order valence-corrected chi connectivity index (χ2v) is 13.9. The summed E-state index contributed by atoms with van der Waals surface area (Å²) in [6.07, 6.45) is -0.697. The van der Waals surface area contributed by atoms with E-state index in [-0.39, 0.29) is 32.3 Å². The van der Waals surface area contributed by atoms with Crippen molar-refractivity contribution < 1.29 is 38.1 Å². The van der Waals surface area contributed by atoms with Crippen LogP contribution in [0.3, 0.4) is 0 Å². The van der Waals surface area contributed by atoms with Gasteiger partial charge in [-0.1, -0.05) is 56.8 Å². The van der Waals surface area contributed by atoms with E-state index in [1.807, 2.05) is 55.6 Å². The van der Waals surface area contributed by atoms with Crippen LogP contribution in [-0.2, 0) is 25.5 Å². The summed E-state index contributed by atoms with van der Waals surface area (Å²) in [4.78, 5) is 25.9. The number of benzene rings is 2. The molecule has 0 amide bonds. The maximum Gasteiger partial charge on any atom is 0.193 e. The van der Waals surface area contributed by atoms with Gasteiger partial charge in [0.1, 0.15) is 12.8 Å². The SMILES string of the molecule is C.CNc1ccc(Cc2cccc([C@H]3O[C@@H]4C[C@H]5[C@@H]6C[C@H](F)C7=CC(=O)C=C[C@]7(C)[C@@]6(F)[C@@H](O)C[C@]5(C)[C@]4(C(=O)CO)O3)c2)cc1. The zero-order chi connectivity index (χ0) is 31.9.